The maximum absolute atomic E-state index is 10.9. The Kier molecular flexibility index (Phi) is 2.33. The lowest BCUT2D eigenvalue weighted by molar-refractivity contribution is -0.136. The molecule has 94 valence electrons. The Balaban J connectivity index is 2.16. The molecule has 1 fully saturated rings. The molecule has 0 aliphatic heterocycles. The summed E-state index contributed by atoms with van der Waals surface area (Å²) in [5.74, 6) is 1.01. The summed E-state index contributed by atoms with van der Waals surface area (Å²) >= 11 is 0. The lowest BCUT2D eigenvalue weighted by Gasteiger charge is -2.07. The quantitative estimate of drug-likeness (QED) is 0.881. The fourth-order valence-corrected chi connectivity index (χ4v) is 2.15. The number of aryl methyl sites for hydroxylation is 2. The van der Waals surface area contributed by atoms with E-state index in [0.717, 1.165) is 35.6 Å². The summed E-state index contributed by atoms with van der Waals surface area (Å²) in [5.41, 5.74) is 2.26. The van der Waals surface area contributed by atoms with Crippen LogP contribution in [-0.2, 0) is 11.2 Å². The number of carbonyl (C=O) groups is 1. The van der Waals surface area contributed by atoms with Gasteiger partial charge in [-0.3, -0.25) is 4.79 Å². The van der Waals surface area contributed by atoms with E-state index in [0.29, 0.717) is 11.7 Å². The van der Waals surface area contributed by atoms with Gasteiger partial charge in [0.1, 0.15) is 0 Å². The second kappa shape index (κ2) is 3.76. The van der Waals surface area contributed by atoms with E-state index in [-0.39, 0.29) is 6.42 Å². The van der Waals surface area contributed by atoms with Crippen LogP contribution in [0.5, 0.6) is 0 Å². The van der Waals surface area contributed by atoms with E-state index in [1.807, 2.05) is 13.8 Å². The third kappa shape index (κ3) is 1.73. The number of hydrogen-bond acceptors (Lipinski definition) is 4. The summed E-state index contributed by atoms with van der Waals surface area (Å²) < 4.78 is 1.67. The molecular weight excluding hydrogens is 232 g/mol. The third-order valence-corrected chi connectivity index (χ3v) is 3.34. The second-order valence-corrected chi connectivity index (χ2v) is 4.79. The molecule has 3 rings (SSSR count). The maximum atomic E-state index is 10.9. The number of carboxylic acid groups (broad SMARTS) is 1. The first kappa shape index (κ1) is 11.1. The van der Waals surface area contributed by atoms with Crippen LogP contribution in [0.4, 0.5) is 0 Å². The second-order valence-electron chi connectivity index (χ2n) is 4.79. The van der Waals surface area contributed by atoms with E-state index >= 15 is 0 Å². The van der Waals surface area contributed by atoms with Crippen LogP contribution in [0.25, 0.3) is 5.78 Å². The van der Waals surface area contributed by atoms with Gasteiger partial charge in [-0.25, -0.2) is 9.50 Å². The predicted molar refractivity (Wildman–Crippen MR) is 63.6 cm³/mol. The first-order valence-corrected chi connectivity index (χ1v) is 6.01. The first-order valence-electron chi connectivity index (χ1n) is 6.01. The summed E-state index contributed by atoms with van der Waals surface area (Å²) in [4.78, 5) is 19.6. The minimum atomic E-state index is -0.857. The topological polar surface area (TPSA) is 80.4 Å². The summed E-state index contributed by atoms with van der Waals surface area (Å²) in [6.07, 6.45) is 2.24. The summed E-state index contributed by atoms with van der Waals surface area (Å²) in [5, 5.41) is 13.4. The lowest BCUT2D eigenvalue weighted by atomic mass is 10.1. The van der Waals surface area contributed by atoms with Crippen molar-refractivity contribution in [3.8, 4) is 0 Å². The fraction of sp³-hybridized carbons (Fsp3) is 0.500. The molecule has 0 spiro atoms. The number of aromatic nitrogens is 4. The highest BCUT2D eigenvalue weighted by Crippen LogP contribution is 2.38. The van der Waals surface area contributed by atoms with Crippen molar-refractivity contribution in [1.29, 1.82) is 0 Å². The zero-order valence-electron chi connectivity index (χ0n) is 10.3. The molecule has 2 heterocycles. The largest absolute Gasteiger partial charge is 0.481 e. The molecule has 6 nitrogen and oxygen atoms in total. The monoisotopic (exact) mass is 246 g/mol. The van der Waals surface area contributed by atoms with Crippen LogP contribution in [0.15, 0.2) is 0 Å². The fourth-order valence-electron chi connectivity index (χ4n) is 2.15. The standard InChI is InChI=1S/C12H14N4O2/c1-6-9(5-10(17)18)7(2)16-12(13-6)14-11(15-16)8-3-4-8/h8H,3-5H2,1-2H3,(H,17,18). The number of fused-ring (bicyclic) bond motifs is 1. The van der Waals surface area contributed by atoms with Crippen molar-refractivity contribution in [3.63, 3.8) is 0 Å². The van der Waals surface area contributed by atoms with Crippen molar-refractivity contribution in [2.45, 2.75) is 39.0 Å². The normalized spacial score (nSPS) is 15.2. The van der Waals surface area contributed by atoms with Crippen LogP contribution in [0, 0.1) is 13.8 Å². The van der Waals surface area contributed by atoms with Crippen LogP contribution < -0.4 is 0 Å². The molecule has 1 aliphatic rings. The Morgan fingerprint density at radius 2 is 2.11 bits per heavy atom. The van der Waals surface area contributed by atoms with Gasteiger partial charge in [-0.05, 0) is 26.7 Å². The molecule has 0 unspecified atom stereocenters. The average molecular weight is 246 g/mol. The van der Waals surface area contributed by atoms with Gasteiger partial charge in [0.25, 0.3) is 5.78 Å². The predicted octanol–water partition coefficient (Wildman–Crippen LogP) is 1.25. The minimum Gasteiger partial charge on any atom is -0.481 e. The molecule has 18 heavy (non-hydrogen) atoms. The van der Waals surface area contributed by atoms with Crippen LogP contribution in [-0.4, -0.2) is 30.7 Å². The Bertz CT molecular complexity index is 643. The van der Waals surface area contributed by atoms with E-state index in [9.17, 15) is 4.79 Å². The van der Waals surface area contributed by atoms with E-state index < -0.39 is 5.97 Å². The van der Waals surface area contributed by atoms with Gasteiger partial charge in [0.05, 0.1) is 6.42 Å². The smallest absolute Gasteiger partial charge is 0.307 e. The number of carboxylic acids is 1. The minimum absolute atomic E-state index is 0.0285. The molecule has 0 saturated heterocycles. The molecule has 1 saturated carbocycles. The van der Waals surface area contributed by atoms with Crippen molar-refractivity contribution in [2.75, 3.05) is 0 Å². The molecular formula is C12H14N4O2. The van der Waals surface area contributed by atoms with Gasteiger partial charge in [-0.15, -0.1) is 5.10 Å². The van der Waals surface area contributed by atoms with Gasteiger partial charge < -0.3 is 5.11 Å². The van der Waals surface area contributed by atoms with Gasteiger partial charge in [0.2, 0.25) is 0 Å². The lowest BCUT2D eigenvalue weighted by Crippen LogP contribution is -2.10. The summed E-state index contributed by atoms with van der Waals surface area (Å²) in [7, 11) is 0. The SMILES string of the molecule is Cc1nc2nc(C3CC3)nn2c(C)c1CC(=O)O. The van der Waals surface area contributed by atoms with E-state index in [1.54, 1.807) is 4.52 Å². The Labute approximate surface area is 104 Å². The first-order chi connectivity index (χ1) is 8.56. The van der Waals surface area contributed by atoms with Gasteiger partial charge in [0.15, 0.2) is 5.82 Å². The average Bonchev–Trinajstić information content (AvgIpc) is 3.06. The molecule has 0 aromatic carbocycles. The zero-order chi connectivity index (χ0) is 12.9. The van der Waals surface area contributed by atoms with Gasteiger partial charge in [-0.1, -0.05) is 0 Å². The molecule has 0 amide bonds. The number of aliphatic carboxylic acids is 1. The molecule has 1 N–H and O–H groups in total. The Hall–Kier alpha value is -1.98. The molecule has 0 radical (unpaired) electrons. The summed E-state index contributed by atoms with van der Waals surface area (Å²) in [6, 6.07) is 0. The zero-order valence-corrected chi connectivity index (χ0v) is 10.3. The van der Waals surface area contributed by atoms with Crippen molar-refractivity contribution in [1.82, 2.24) is 19.6 Å². The van der Waals surface area contributed by atoms with Crippen LogP contribution in [0.2, 0.25) is 0 Å². The van der Waals surface area contributed by atoms with E-state index in [4.69, 9.17) is 5.11 Å². The molecule has 0 atom stereocenters. The highest BCUT2D eigenvalue weighted by molar-refractivity contribution is 5.71. The molecule has 2 aromatic heterocycles. The van der Waals surface area contributed by atoms with Crippen molar-refractivity contribution < 1.29 is 9.90 Å². The number of rotatable bonds is 3. The summed E-state index contributed by atoms with van der Waals surface area (Å²) in [6.45, 7) is 3.68. The molecule has 2 aromatic rings. The molecule has 0 bridgehead atoms. The van der Waals surface area contributed by atoms with E-state index in [2.05, 4.69) is 15.1 Å². The van der Waals surface area contributed by atoms with Crippen LogP contribution >= 0.6 is 0 Å². The Morgan fingerprint density at radius 3 is 2.72 bits per heavy atom. The van der Waals surface area contributed by atoms with Crippen molar-refractivity contribution in [3.05, 3.63) is 22.8 Å². The van der Waals surface area contributed by atoms with Gasteiger partial charge >= 0.3 is 5.97 Å². The maximum Gasteiger partial charge on any atom is 0.307 e. The van der Waals surface area contributed by atoms with Crippen molar-refractivity contribution in [2.24, 2.45) is 0 Å². The van der Waals surface area contributed by atoms with Gasteiger partial charge in [0, 0.05) is 22.9 Å². The molecule has 1 aliphatic carbocycles. The van der Waals surface area contributed by atoms with Gasteiger partial charge in [-0.2, -0.15) is 4.98 Å². The van der Waals surface area contributed by atoms with Crippen LogP contribution in [0.1, 0.15) is 41.5 Å². The highest BCUT2D eigenvalue weighted by atomic mass is 16.4. The number of hydrogen-bond donors (Lipinski definition) is 1. The molecule has 6 heteroatoms. The van der Waals surface area contributed by atoms with Crippen LogP contribution in [0.3, 0.4) is 0 Å². The number of nitrogens with zero attached hydrogens (tertiary/aromatic N) is 4. The Morgan fingerprint density at radius 1 is 1.39 bits per heavy atom. The van der Waals surface area contributed by atoms with Crippen molar-refractivity contribution >= 4 is 11.7 Å². The third-order valence-electron chi connectivity index (χ3n) is 3.34. The van der Waals surface area contributed by atoms with E-state index in [1.165, 1.54) is 0 Å². The highest BCUT2D eigenvalue weighted by Gasteiger charge is 2.28.